The highest BCUT2D eigenvalue weighted by Gasteiger charge is 2.26. The summed E-state index contributed by atoms with van der Waals surface area (Å²) < 4.78 is 37.7. The Morgan fingerprint density at radius 1 is 1.16 bits per heavy atom. The van der Waals surface area contributed by atoms with Crippen molar-refractivity contribution in [1.82, 2.24) is 15.0 Å². The van der Waals surface area contributed by atoms with E-state index in [0.717, 1.165) is 17.4 Å². The first-order valence-corrected chi connectivity index (χ1v) is 10.3. The molecule has 0 saturated heterocycles. The first kappa shape index (κ1) is 20.8. The number of carbonyl (C=O) groups is 1. The Kier molecular flexibility index (Phi) is 5.85. The summed E-state index contributed by atoms with van der Waals surface area (Å²) in [6.45, 7) is 2.06. The van der Waals surface area contributed by atoms with Crippen molar-refractivity contribution < 1.29 is 18.3 Å². The van der Waals surface area contributed by atoms with E-state index >= 15 is 4.39 Å². The molecule has 0 radical (unpaired) electrons. The highest BCUT2D eigenvalue weighted by Crippen LogP contribution is 2.31. The normalized spacial score (nSPS) is 11.0. The van der Waals surface area contributed by atoms with Gasteiger partial charge in [0, 0.05) is 11.1 Å². The second-order valence-corrected chi connectivity index (χ2v) is 7.50. The minimum absolute atomic E-state index is 0.00243. The van der Waals surface area contributed by atoms with Gasteiger partial charge in [-0.05, 0) is 48.2 Å². The van der Waals surface area contributed by atoms with Crippen molar-refractivity contribution in [2.75, 3.05) is 11.8 Å². The number of nitrogens with zero attached hydrogens (tertiary/aromatic N) is 2. The van der Waals surface area contributed by atoms with E-state index in [9.17, 15) is 9.18 Å². The Morgan fingerprint density at radius 3 is 2.65 bits per heavy atom. The van der Waals surface area contributed by atoms with Crippen molar-refractivity contribution in [1.29, 1.82) is 0 Å². The van der Waals surface area contributed by atoms with Gasteiger partial charge in [0.25, 0.3) is 0 Å². The number of nitrogens with one attached hydrogen (secondary N) is 2. The molecule has 2 N–H and O–H groups in total. The van der Waals surface area contributed by atoms with Crippen molar-refractivity contribution >= 4 is 34.5 Å². The number of aryl methyl sites for hydroxylation is 1. The maximum Gasteiger partial charge on any atom is 0.226 e. The summed E-state index contributed by atoms with van der Waals surface area (Å²) >= 11 is 1.17. The SMILES string of the molecule is CCc1ccc(SNc2ccc(F)c(C(=O)c3c[nH]c4ncnc(OC)c34)c2F)cc1. The van der Waals surface area contributed by atoms with Crippen LogP contribution in [0.3, 0.4) is 0 Å². The van der Waals surface area contributed by atoms with Gasteiger partial charge in [0.05, 0.1) is 29.3 Å². The van der Waals surface area contributed by atoms with Crippen LogP contribution >= 0.6 is 11.9 Å². The Hall–Kier alpha value is -3.46. The molecular weight excluding hydrogens is 422 g/mol. The molecule has 0 spiro atoms. The molecule has 6 nitrogen and oxygen atoms in total. The molecule has 0 fully saturated rings. The Morgan fingerprint density at radius 2 is 1.94 bits per heavy atom. The lowest BCUT2D eigenvalue weighted by molar-refractivity contribution is 0.103. The van der Waals surface area contributed by atoms with E-state index in [0.29, 0.717) is 5.65 Å². The number of benzene rings is 2. The summed E-state index contributed by atoms with van der Waals surface area (Å²) in [4.78, 5) is 24.7. The smallest absolute Gasteiger partial charge is 0.226 e. The number of anilines is 1. The lowest BCUT2D eigenvalue weighted by Crippen LogP contribution is -2.09. The monoisotopic (exact) mass is 440 g/mol. The topological polar surface area (TPSA) is 79.9 Å². The van der Waals surface area contributed by atoms with Crippen molar-refractivity contribution in [2.45, 2.75) is 18.2 Å². The van der Waals surface area contributed by atoms with Crippen LogP contribution in [0.1, 0.15) is 28.4 Å². The minimum atomic E-state index is -0.979. The third-order valence-corrected chi connectivity index (χ3v) is 5.63. The lowest BCUT2D eigenvalue weighted by atomic mass is 10.0. The van der Waals surface area contributed by atoms with Gasteiger partial charge in [0.2, 0.25) is 11.7 Å². The van der Waals surface area contributed by atoms with Crippen LogP contribution in [0.15, 0.2) is 53.8 Å². The molecule has 158 valence electrons. The van der Waals surface area contributed by atoms with Gasteiger partial charge in [-0.2, -0.15) is 0 Å². The molecule has 0 atom stereocenters. The van der Waals surface area contributed by atoms with Gasteiger partial charge in [0.15, 0.2) is 5.82 Å². The van der Waals surface area contributed by atoms with Gasteiger partial charge >= 0.3 is 0 Å². The maximum atomic E-state index is 15.2. The first-order chi connectivity index (χ1) is 15.0. The molecule has 2 aromatic carbocycles. The number of hydrogen-bond donors (Lipinski definition) is 2. The van der Waals surface area contributed by atoms with E-state index in [1.54, 1.807) is 0 Å². The van der Waals surface area contributed by atoms with Gasteiger partial charge < -0.3 is 14.4 Å². The maximum absolute atomic E-state index is 15.2. The summed E-state index contributed by atoms with van der Waals surface area (Å²) in [6, 6.07) is 10.1. The summed E-state index contributed by atoms with van der Waals surface area (Å²) in [7, 11) is 1.39. The van der Waals surface area contributed by atoms with E-state index in [2.05, 4.69) is 26.6 Å². The van der Waals surface area contributed by atoms with Crippen LogP contribution < -0.4 is 9.46 Å². The van der Waals surface area contributed by atoms with Crippen LogP contribution in [-0.4, -0.2) is 27.8 Å². The van der Waals surface area contributed by atoms with Crippen LogP contribution in [0.5, 0.6) is 5.88 Å². The zero-order chi connectivity index (χ0) is 22.0. The van der Waals surface area contributed by atoms with Crippen LogP contribution in [0.2, 0.25) is 0 Å². The molecule has 0 aliphatic rings. The number of fused-ring (bicyclic) bond motifs is 1. The second-order valence-electron chi connectivity index (χ2n) is 6.62. The van der Waals surface area contributed by atoms with Gasteiger partial charge in [-0.15, -0.1) is 0 Å². The molecule has 0 unspecified atom stereocenters. The summed E-state index contributed by atoms with van der Waals surface area (Å²) in [5.41, 5.74) is 0.862. The van der Waals surface area contributed by atoms with Crippen molar-refractivity contribution in [3.05, 3.63) is 77.2 Å². The fourth-order valence-corrected chi connectivity index (χ4v) is 3.81. The average molecular weight is 440 g/mol. The molecule has 2 aromatic heterocycles. The fourth-order valence-electron chi connectivity index (χ4n) is 3.15. The number of H-pyrrole nitrogens is 1. The number of halogens is 2. The molecule has 0 saturated carbocycles. The van der Waals surface area contributed by atoms with Crippen LogP contribution in [0.25, 0.3) is 11.0 Å². The number of methoxy groups -OCH3 is 1. The van der Waals surface area contributed by atoms with Crippen LogP contribution in [-0.2, 0) is 6.42 Å². The molecule has 0 bridgehead atoms. The summed E-state index contributed by atoms with van der Waals surface area (Å²) in [6.07, 6.45) is 3.52. The summed E-state index contributed by atoms with van der Waals surface area (Å²) in [5, 5.41) is 0.262. The highest BCUT2D eigenvalue weighted by atomic mass is 32.2. The average Bonchev–Trinajstić information content (AvgIpc) is 3.23. The zero-order valence-corrected chi connectivity index (χ0v) is 17.5. The predicted octanol–water partition coefficient (Wildman–Crippen LogP) is 5.16. The molecule has 4 aromatic rings. The Bertz CT molecular complexity index is 1260. The quantitative estimate of drug-likeness (QED) is 0.305. The fraction of sp³-hybridized carbons (Fsp3) is 0.136. The van der Waals surface area contributed by atoms with Gasteiger partial charge in [0.1, 0.15) is 17.8 Å². The molecule has 2 heterocycles. The van der Waals surface area contributed by atoms with E-state index < -0.39 is 23.0 Å². The largest absolute Gasteiger partial charge is 0.480 e. The number of ether oxygens (including phenoxy) is 1. The minimum Gasteiger partial charge on any atom is -0.480 e. The Balaban J connectivity index is 1.67. The molecule has 4 rings (SSSR count). The van der Waals surface area contributed by atoms with Gasteiger partial charge in [-0.1, -0.05) is 19.1 Å². The molecular formula is C22H18F2N4O2S. The highest BCUT2D eigenvalue weighted by molar-refractivity contribution is 8.00. The number of carbonyl (C=O) groups excluding carboxylic acids is 1. The lowest BCUT2D eigenvalue weighted by Gasteiger charge is -2.11. The van der Waals surface area contributed by atoms with Crippen molar-refractivity contribution in [3.8, 4) is 5.88 Å². The van der Waals surface area contributed by atoms with Gasteiger partial charge in [-0.25, -0.2) is 18.7 Å². The van der Waals surface area contributed by atoms with E-state index in [1.807, 2.05) is 24.3 Å². The Labute approximate surface area is 181 Å². The first-order valence-electron chi connectivity index (χ1n) is 9.44. The molecule has 0 aliphatic heterocycles. The zero-order valence-electron chi connectivity index (χ0n) is 16.7. The van der Waals surface area contributed by atoms with Crippen molar-refractivity contribution in [3.63, 3.8) is 0 Å². The van der Waals surface area contributed by atoms with E-state index in [4.69, 9.17) is 4.74 Å². The standard InChI is InChI=1S/C22H18F2N4O2S/c1-3-12-4-6-13(7-5-12)31-28-16-9-8-15(23)18(19(16)24)20(29)14-10-25-21-17(14)22(30-2)27-11-26-21/h4-11,28H,3H2,1-2H3,(H,25,26,27). The number of aromatic nitrogens is 3. The van der Waals surface area contributed by atoms with Crippen LogP contribution in [0, 0.1) is 11.6 Å². The van der Waals surface area contributed by atoms with E-state index in [-0.39, 0.29) is 22.5 Å². The molecule has 9 heteroatoms. The number of hydrogen-bond acceptors (Lipinski definition) is 6. The number of ketones is 1. The second kappa shape index (κ2) is 8.73. The summed E-state index contributed by atoms with van der Waals surface area (Å²) in [5.74, 6) is -2.64. The van der Waals surface area contributed by atoms with Crippen molar-refractivity contribution in [2.24, 2.45) is 0 Å². The number of aromatic amines is 1. The predicted molar refractivity (Wildman–Crippen MR) is 116 cm³/mol. The third-order valence-electron chi connectivity index (χ3n) is 4.80. The molecule has 0 aliphatic carbocycles. The third kappa shape index (κ3) is 3.96. The molecule has 31 heavy (non-hydrogen) atoms. The number of rotatable bonds is 7. The van der Waals surface area contributed by atoms with Gasteiger partial charge in [-0.3, -0.25) is 4.79 Å². The van der Waals surface area contributed by atoms with E-state index in [1.165, 1.54) is 43.2 Å². The van der Waals surface area contributed by atoms with Crippen LogP contribution in [0.4, 0.5) is 14.5 Å². The molecule has 0 amide bonds.